The topological polar surface area (TPSA) is 23.8 Å². The first-order valence-corrected chi connectivity index (χ1v) is 4.67. The molecule has 0 bridgehead atoms. The normalized spacial score (nSPS) is 17.9. The van der Waals surface area contributed by atoms with Crippen LogP contribution in [0, 0.1) is 11.3 Å². The predicted octanol–water partition coefficient (Wildman–Crippen LogP) is 2.78. The molecular formula is C12H13N. The third kappa shape index (κ3) is 1.23. The van der Waals surface area contributed by atoms with Crippen LogP contribution < -0.4 is 0 Å². The average molecular weight is 171 g/mol. The summed E-state index contributed by atoms with van der Waals surface area (Å²) < 4.78 is 0. The van der Waals surface area contributed by atoms with Gasteiger partial charge in [0.15, 0.2) is 0 Å². The van der Waals surface area contributed by atoms with Gasteiger partial charge in [0, 0.05) is 0 Å². The summed E-state index contributed by atoms with van der Waals surface area (Å²) in [5.74, 6) is 0. The van der Waals surface area contributed by atoms with Gasteiger partial charge in [-0.3, -0.25) is 0 Å². The first kappa shape index (κ1) is 8.31. The van der Waals surface area contributed by atoms with Crippen molar-refractivity contribution >= 4 is 0 Å². The van der Waals surface area contributed by atoms with Crippen LogP contribution in [0.1, 0.15) is 37.0 Å². The molecule has 0 saturated heterocycles. The highest BCUT2D eigenvalue weighted by Crippen LogP contribution is 2.38. The van der Waals surface area contributed by atoms with E-state index in [1.807, 2.05) is 12.1 Å². The van der Waals surface area contributed by atoms with Crippen molar-refractivity contribution in [1.29, 1.82) is 5.26 Å². The Balaban J connectivity index is 2.57. The number of aryl methyl sites for hydroxylation is 1. The fraction of sp³-hybridized carbons (Fsp3) is 0.417. The van der Waals surface area contributed by atoms with E-state index in [1.54, 1.807) is 0 Å². The Morgan fingerprint density at radius 2 is 2.15 bits per heavy atom. The maximum atomic E-state index is 8.79. The van der Waals surface area contributed by atoms with Gasteiger partial charge in [-0.1, -0.05) is 19.9 Å². The molecule has 13 heavy (non-hydrogen) atoms. The van der Waals surface area contributed by atoms with Gasteiger partial charge < -0.3 is 0 Å². The lowest BCUT2D eigenvalue weighted by Crippen LogP contribution is -2.11. The molecule has 1 aliphatic rings. The van der Waals surface area contributed by atoms with Crippen LogP contribution in [0.3, 0.4) is 0 Å². The minimum atomic E-state index is 0.266. The van der Waals surface area contributed by atoms with Crippen molar-refractivity contribution in [2.75, 3.05) is 0 Å². The van der Waals surface area contributed by atoms with Crippen molar-refractivity contribution in [3.8, 4) is 6.07 Å². The second-order valence-corrected chi connectivity index (χ2v) is 4.37. The van der Waals surface area contributed by atoms with E-state index in [2.05, 4.69) is 26.0 Å². The minimum Gasteiger partial charge on any atom is -0.192 e. The predicted molar refractivity (Wildman–Crippen MR) is 52.5 cm³/mol. The molecule has 0 spiro atoms. The fourth-order valence-corrected chi connectivity index (χ4v) is 2.08. The molecule has 0 heterocycles. The summed E-state index contributed by atoms with van der Waals surface area (Å²) in [6.45, 7) is 4.50. The van der Waals surface area contributed by atoms with Crippen LogP contribution in [0.15, 0.2) is 18.2 Å². The van der Waals surface area contributed by atoms with Crippen molar-refractivity contribution in [2.24, 2.45) is 0 Å². The summed E-state index contributed by atoms with van der Waals surface area (Å²) in [6, 6.07) is 8.26. The zero-order valence-electron chi connectivity index (χ0n) is 8.09. The molecule has 0 aromatic heterocycles. The van der Waals surface area contributed by atoms with Crippen LogP contribution in [0.2, 0.25) is 0 Å². The smallest absolute Gasteiger partial charge is 0.0991 e. The van der Waals surface area contributed by atoms with E-state index in [1.165, 1.54) is 17.5 Å². The Hall–Kier alpha value is -1.29. The van der Waals surface area contributed by atoms with Crippen molar-refractivity contribution < 1.29 is 0 Å². The minimum absolute atomic E-state index is 0.266. The molecule has 1 nitrogen and oxygen atoms in total. The van der Waals surface area contributed by atoms with Gasteiger partial charge >= 0.3 is 0 Å². The molecule has 1 heteroatoms. The number of hydrogen-bond acceptors (Lipinski definition) is 1. The second-order valence-electron chi connectivity index (χ2n) is 4.37. The molecule has 0 fully saturated rings. The van der Waals surface area contributed by atoms with Gasteiger partial charge in [-0.2, -0.15) is 5.26 Å². The van der Waals surface area contributed by atoms with Gasteiger partial charge in [-0.05, 0) is 41.5 Å². The number of nitriles is 1. The van der Waals surface area contributed by atoms with Crippen LogP contribution in [-0.4, -0.2) is 0 Å². The summed E-state index contributed by atoms with van der Waals surface area (Å²) >= 11 is 0. The number of fused-ring (bicyclic) bond motifs is 1. The third-order valence-corrected chi connectivity index (χ3v) is 2.99. The summed E-state index contributed by atoms with van der Waals surface area (Å²) in [4.78, 5) is 0. The van der Waals surface area contributed by atoms with Gasteiger partial charge in [-0.15, -0.1) is 0 Å². The first-order valence-electron chi connectivity index (χ1n) is 4.67. The van der Waals surface area contributed by atoms with Gasteiger partial charge in [0.2, 0.25) is 0 Å². The SMILES string of the molecule is CC1(C)CCc2ccc(C#N)cc21. The Labute approximate surface area is 79.0 Å². The van der Waals surface area contributed by atoms with Gasteiger partial charge in [0.05, 0.1) is 11.6 Å². The highest BCUT2D eigenvalue weighted by molar-refractivity contribution is 5.44. The summed E-state index contributed by atoms with van der Waals surface area (Å²) in [7, 11) is 0. The highest BCUT2D eigenvalue weighted by Gasteiger charge is 2.29. The zero-order chi connectivity index (χ0) is 9.47. The van der Waals surface area contributed by atoms with E-state index >= 15 is 0 Å². The molecule has 0 radical (unpaired) electrons. The van der Waals surface area contributed by atoms with E-state index in [4.69, 9.17) is 5.26 Å². The van der Waals surface area contributed by atoms with Crippen LogP contribution in [0.5, 0.6) is 0 Å². The molecule has 66 valence electrons. The monoisotopic (exact) mass is 171 g/mol. The van der Waals surface area contributed by atoms with Crippen LogP contribution in [0.25, 0.3) is 0 Å². The van der Waals surface area contributed by atoms with Crippen LogP contribution in [-0.2, 0) is 11.8 Å². The van der Waals surface area contributed by atoms with Crippen molar-refractivity contribution in [3.05, 3.63) is 34.9 Å². The van der Waals surface area contributed by atoms with Gasteiger partial charge in [0.1, 0.15) is 0 Å². The lowest BCUT2D eigenvalue weighted by Gasteiger charge is -2.18. The number of rotatable bonds is 0. The molecule has 1 aromatic carbocycles. The lowest BCUT2D eigenvalue weighted by atomic mass is 9.86. The highest BCUT2D eigenvalue weighted by atomic mass is 14.3. The zero-order valence-corrected chi connectivity index (χ0v) is 8.09. The number of nitrogens with zero attached hydrogens (tertiary/aromatic N) is 1. The van der Waals surface area contributed by atoms with E-state index in [9.17, 15) is 0 Å². The standard InChI is InChI=1S/C12H13N/c1-12(2)6-5-10-4-3-9(8-13)7-11(10)12/h3-4,7H,5-6H2,1-2H3. The van der Waals surface area contributed by atoms with Gasteiger partial charge in [-0.25, -0.2) is 0 Å². The maximum absolute atomic E-state index is 8.79. The largest absolute Gasteiger partial charge is 0.192 e. The maximum Gasteiger partial charge on any atom is 0.0991 e. The van der Waals surface area contributed by atoms with Crippen molar-refractivity contribution in [3.63, 3.8) is 0 Å². The molecule has 1 aromatic rings. The van der Waals surface area contributed by atoms with Crippen LogP contribution >= 0.6 is 0 Å². The van der Waals surface area contributed by atoms with Gasteiger partial charge in [0.25, 0.3) is 0 Å². The number of benzene rings is 1. The third-order valence-electron chi connectivity index (χ3n) is 2.99. The molecule has 0 aliphatic heterocycles. The molecule has 0 N–H and O–H groups in total. The van der Waals surface area contributed by atoms with E-state index < -0.39 is 0 Å². The molecule has 1 aliphatic carbocycles. The van der Waals surface area contributed by atoms with Crippen molar-refractivity contribution in [1.82, 2.24) is 0 Å². The molecular weight excluding hydrogens is 158 g/mol. The number of hydrogen-bond donors (Lipinski definition) is 0. The molecule has 0 unspecified atom stereocenters. The van der Waals surface area contributed by atoms with Crippen LogP contribution in [0.4, 0.5) is 0 Å². The Morgan fingerprint density at radius 1 is 1.38 bits per heavy atom. The Morgan fingerprint density at radius 3 is 2.85 bits per heavy atom. The Kier molecular flexibility index (Phi) is 1.66. The summed E-state index contributed by atoms with van der Waals surface area (Å²) in [5, 5.41) is 8.79. The summed E-state index contributed by atoms with van der Waals surface area (Å²) in [5.41, 5.74) is 3.84. The van der Waals surface area contributed by atoms with Crippen molar-refractivity contribution in [2.45, 2.75) is 32.1 Å². The van der Waals surface area contributed by atoms with E-state index in [-0.39, 0.29) is 5.41 Å². The average Bonchev–Trinajstić information content (AvgIpc) is 2.42. The quantitative estimate of drug-likeness (QED) is 0.588. The summed E-state index contributed by atoms with van der Waals surface area (Å²) in [6.07, 6.45) is 2.37. The molecule has 0 saturated carbocycles. The van der Waals surface area contributed by atoms with E-state index in [0.29, 0.717) is 0 Å². The lowest BCUT2D eigenvalue weighted by molar-refractivity contribution is 0.522. The van der Waals surface area contributed by atoms with E-state index in [0.717, 1.165) is 12.0 Å². The second kappa shape index (κ2) is 2.60. The molecule has 0 amide bonds. The molecule has 0 atom stereocenters. The fourth-order valence-electron chi connectivity index (χ4n) is 2.08. The first-order chi connectivity index (χ1) is 6.13. The molecule has 2 rings (SSSR count). The Bertz CT molecular complexity index is 383.